The number of rotatable bonds is 2. The van der Waals surface area contributed by atoms with Crippen LogP contribution in [0.1, 0.15) is 12.5 Å². The molecule has 1 aliphatic heterocycles. The maximum Gasteiger partial charge on any atom is 0.185 e. The number of benzene rings is 1. The Morgan fingerprint density at radius 1 is 1.31 bits per heavy atom. The van der Waals surface area contributed by atoms with Gasteiger partial charge < -0.3 is 10.1 Å². The number of hydrogen-bond acceptors (Lipinski definition) is 3. The number of thiocarbonyl (C=S) groups is 1. The van der Waals surface area contributed by atoms with Crippen LogP contribution in [0.5, 0.6) is 5.75 Å². The van der Waals surface area contributed by atoms with Gasteiger partial charge in [-0.25, -0.2) is 5.43 Å². The zero-order valence-electron chi connectivity index (χ0n) is 9.57. The van der Waals surface area contributed by atoms with Crippen molar-refractivity contribution in [2.75, 3.05) is 14.2 Å². The fourth-order valence-corrected chi connectivity index (χ4v) is 2.02. The highest BCUT2D eigenvalue weighted by molar-refractivity contribution is 7.80. The van der Waals surface area contributed by atoms with Gasteiger partial charge in [0.15, 0.2) is 5.11 Å². The normalized spacial score (nSPS) is 24.4. The van der Waals surface area contributed by atoms with Crippen molar-refractivity contribution in [3.05, 3.63) is 29.8 Å². The Bertz CT molecular complexity index is 406. The zero-order chi connectivity index (χ0) is 11.8. The fourth-order valence-electron chi connectivity index (χ4n) is 1.77. The van der Waals surface area contributed by atoms with E-state index in [2.05, 4.69) is 10.7 Å². The van der Waals surface area contributed by atoms with E-state index < -0.39 is 0 Å². The Balaban J connectivity index is 2.26. The van der Waals surface area contributed by atoms with E-state index in [1.54, 1.807) is 12.1 Å². The highest BCUT2D eigenvalue weighted by Crippen LogP contribution is 2.24. The van der Waals surface area contributed by atoms with E-state index in [-0.39, 0.29) is 5.66 Å². The lowest BCUT2D eigenvalue weighted by molar-refractivity contribution is 0.266. The molecule has 1 saturated heterocycles. The maximum absolute atomic E-state index is 5.17. The minimum atomic E-state index is -0.349. The lowest BCUT2D eigenvalue weighted by Gasteiger charge is -2.25. The largest absolute Gasteiger partial charge is 0.497 e. The fraction of sp³-hybridized carbons (Fsp3) is 0.364. The molecule has 1 aliphatic rings. The Hall–Kier alpha value is -1.33. The molecule has 4 nitrogen and oxygen atoms in total. The van der Waals surface area contributed by atoms with Crippen LogP contribution in [0.15, 0.2) is 24.3 Å². The molecule has 0 radical (unpaired) electrons. The third-order valence-corrected chi connectivity index (χ3v) is 3.10. The van der Waals surface area contributed by atoms with Gasteiger partial charge in [0.2, 0.25) is 0 Å². The third kappa shape index (κ3) is 1.83. The average molecular weight is 237 g/mol. The molecule has 0 spiro atoms. The first kappa shape index (κ1) is 11.2. The highest BCUT2D eigenvalue weighted by atomic mass is 32.1. The molecule has 86 valence electrons. The van der Waals surface area contributed by atoms with Gasteiger partial charge in [-0.2, -0.15) is 0 Å². The lowest BCUT2D eigenvalue weighted by Crippen LogP contribution is -2.44. The summed E-state index contributed by atoms with van der Waals surface area (Å²) in [5.41, 5.74) is 4.04. The van der Waals surface area contributed by atoms with Crippen molar-refractivity contribution in [3.8, 4) is 5.75 Å². The predicted octanol–water partition coefficient (Wildman–Crippen LogP) is 1.19. The molecule has 5 heteroatoms. The van der Waals surface area contributed by atoms with E-state index in [1.807, 2.05) is 38.2 Å². The first-order chi connectivity index (χ1) is 7.55. The summed E-state index contributed by atoms with van der Waals surface area (Å²) < 4.78 is 5.13. The summed E-state index contributed by atoms with van der Waals surface area (Å²) in [5.74, 6) is 0.848. The average Bonchev–Trinajstić information content (AvgIpc) is 2.54. The van der Waals surface area contributed by atoms with E-state index in [0.717, 1.165) is 11.3 Å². The van der Waals surface area contributed by atoms with Crippen molar-refractivity contribution in [3.63, 3.8) is 0 Å². The quantitative estimate of drug-likeness (QED) is 0.756. The molecule has 1 heterocycles. The van der Waals surface area contributed by atoms with Crippen LogP contribution in [0.2, 0.25) is 0 Å². The second-order valence-electron chi connectivity index (χ2n) is 3.95. The summed E-state index contributed by atoms with van der Waals surface area (Å²) in [4.78, 5) is 0. The molecule has 0 unspecified atom stereocenters. The molecule has 0 aromatic heterocycles. The number of methoxy groups -OCH3 is 1. The Labute approximate surface area is 101 Å². The first-order valence-electron chi connectivity index (χ1n) is 5.03. The summed E-state index contributed by atoms with van der Waals surface area (Å²) in [6.45, 7) is 2.05. The SMILES string of the molecule is COc1ccc([C@@]2(C)NC(=S)N(C)N2)cc1. The zero-order valence-corrected chi connectivity index (χ0v) is 10.4. The molecule has 16 heavy (non-hydrogen) atoms. The molecular formula is C11H15N3OS. The van der Waals surface area contributed by atoms with Crippen molar-refractivity contribution >= 4 is 17.3 Å². The third-order valence-electron chi connectivity index (χ3n) is 2.72. The summed E-state index contributed by atoms with van der Waals surface area (Å²) >= 11 is 5.17. The molecule has 0 bridgehead atoms. The van der Waals surface area contributed by atoms with Gasteiger partial charge in [0, 0.05) is 7.05 Å². The first-order valence-corrected chi connectivity index (χ1v) is 5.44. The number of hydrogen-bond donors (Lipinski definition) is 2. The van der Waals surface area contributed by atoms with Gasteiger partial charge in [0.05, 0.1) is 7.11 Å². The van der Waals surface area contributed by atoms with Gasteiger partial charge in [0.1, 0.15) is 11.4 Å². The van der Waals surface area contributed by atoms with Gasteiger partial charge in [0.25, 0.3) is 0 Å². The molecule has 0 aliphatic carbocycles. The molecule has 1 atom stereocenters. The highest BCUT2D eigenvalue weighted by Gasteiger charge is 2.35. The molecular weight excluding hydrogens is 222 g/mol. The van der Waals surface area contributed by atoms with Crippen LogP contribution in [-0.4, -0.2) is 24.3 Å². The van der Waals surface area contributed by atoms with Gasteiger partial charge in [-0.3, -0.25) is 5.01 Å². The minimum absolute atomic E-state index is 0.349. The Kier molecular flexibility index (Phi) is 2.73. The summed E-state index contributed by atoms with van der Waals surface area (Å²) in [6, 6.07) is 7.90. The van der Waals surface area contributed by atoms with Crippen LogP contribution in [-0.2, 0) is 5.66 Å². The van der Waals surface area contributed by atoms with E-state index >= 15 is 0 Å². The monoisotopic (exact) mass is 237 g/mol. The van der Waals surface area contributed by atoms with E-state index in [1.165, 1.54) is 0 Å². The molecule has 1 aromatic carbocycles. The Morgan fingerprint density at radius 2 is 1.94 bits per heavy atom. The minimum Gasteiger partial charge on any atom is -0.497 e. The van der Waals surface area contributed by atoms with Crippen molar-refractivity contribution < 1.29 is 4.74 Å². The van der Waals surface area contributed by atoms with Crippen molar-refractivity contribution in [2.45, 2.75) is 12.6 Å². The van der Waals surface area contributed by atoms with Gasteiger partial charge in [-0.1, -0.05) is 12.1 Å². The topological polar surface area (TPSA) is 36.5 Å². The van der Waals surface area contributed by atoms with Gasteiger partial charge in [-0.15, -0.1) is 0 Å². The van der Waals surface area contributed by atoms with Crippen LogP contribution in [0, 0.1) is 0 Å². The number of nitrogens with one attached hydrogen (secondary N) is 2. The van der Waals surface area contributed by atoms with Crippen molar-refractivity contribution in [1.29, 1.82) is 0 Å². The molecule has 1 fully saturated rings. The number of hydrazine groups is 1. The number of ether oxygens (including phenoxy) is 1. The van der Waals surface area contributed by atoms with E-state index in [0.29, 0.717) is 5.11 Å². The Morgan fingerprint density at radius 3 is 2.38 bits per heavy atom. The molecule has 0 saturated carbocycles. The summed E-state index contributed by atoms with van der Waals surface area (Å²) in [6.07, 6.45) is 0. The van der Waals surface area contributed by atoms with Crippen LogP contribution in [0.25, 0.3) is 0 Å². The maximum atomic E-state index is 5.17. The summed E-state index contributed by atoms with van der Waals surface area (Å²) in [7, 11) is 3.55. The molecule has 2 N–H and O–H groups in total. The van der Waals surface area contributed by atoms with Gasteiger partial charge in [-0.05, 0) is 36.8 Å². The van der Waals surface area contributed by atoms with E-state index in [4.69, 9.17) is 17.0 Å². The van der Waals surface area contributed by atoms with Crippen LogP contribution < -0.4 is 15.5 Å². The van der Waals surface area contributed by atoms with Crippen molar-refractivity contribution in [1.82, 2.24) is 15.8 Å². The van der Waals surface area contributed by atoms with E-state index in [9.17, 15) is 0 Å². The summed E-state index contributed by atoms with van der Waals surface area (Å²) in [5, 5.41) is 5.74. The van der Waals surface area contributed by atoms with Gasteiger partial charge >= 0.3 is 0 Å². The number of nitrogens with zero attached hydrogens (tertiary/aromatic N) is 1. The van der Waals surface area contributed by atoms with Crippen LogP contribution in [0.4, 0.5) is 0 Å². The molecule has 0 amide bonds. The van der Waals surface area contributed by atoms with Crippen molar-refractivity contribution in [2.24, 2.45) is 0 Å². The van der Waals surface area contributed by atoms with Crippen LogP contribution in [0.3, 0.4) is 0 Å². The molecule has 1 aromatic rings. The van der Waals surface area contributed by atoms with Crippen LogP contribution >= 0.6 is 12.2 Å². The second kappa shape index (κ2) is 3.92. The smallest absolute Gasteiger partial charge is 0.185 e. The lowest BCUT2D eigenvalue weighted by atomic mass is 10.0. The standard InChI is InChI=1S/C11H15N3OS/c1-11(12-10(16)14(2)13-11)8-4-6-9(15-3)7-5-8/h4-7,13H,1-3H3,(H,12,16)/t11-/m0/s1. The molecule has 2 rings (SSSR count). The second-order valence-corrected chi connectivity index (χ2v) is 4.34. The predicted molar refractivity (Wildman–Crippen MR) is 67.0 cm³/mol.